The number of anilines is 1. The number of halogens is 1. The molecule has 0 aliphatic carbocycles. The summed E-state index contributed by atoms with van der Waals surface area (Å²) in [4.78, 5) is 13.2. The molecule has 1 aromatic carbocycles. The maximum Gasteiger partial charge on any atom is 0.251 e. The summed E-state index contributed by atoms with van der Waals surface area (Å²) in [5.41, 5.74) is 6.84. The smallest absolute Gasteiger partial charge is 0.251 e. The molecule has 0 fully saturated rings. The molecule has 18 heavy (non-hydrogen) atoms. The van der Waals surface area contributed by atoms with Gasteiger partial charge in [0, 0.05) is 20.6 Å². The first kappa shape index (κ1) is 13.1. The lowest BCUT2D eigenvalue weighted by Gasteiger charge is -2.12. The first-order valence-electron chi connectivity index (χ1n) is 5.46. The molecule has 3 N–H and O–H groups in total. The highest BCUT2D eigenvalue weighted by atomic mass is 79.9. The second-order valence-electron chi connectivity index (χ2n) is 3.98. The molecule has 1 amide bonds. The Balaban J connectivity index is 2.12. The molecule has 1 heterocycles. The summed E-state index contributed by atoms with van der Waals surface area (Å²) in [7, 11) is 0. The summed E-state index contributed by atoms with van der Waals surface area (Å²) in [6.07, 6.45) is 0. The van der Waals surface area contributed by atoms with E-state index < -0.39 is 0 Å². The van der Waals surface area contributed by atoms with E-state index in [2.05, 4.69) is 21.2 Å². The zero-order chi connectivity index (χ0) is 13.1. The number of carbonyl (C=O) groups excluding carboxylic acids is 1. The number of rotatable bonds is 3. The van der Waals surface area contributed by atoms with Crippen molar-refractivity contribution in [3.63, 3.8) is 0 Å². The van der Waals surface area contributed by atoms with Crippen molar-refractivity contribution in [3.05, 3.63) is 50.6 Å². The van der Waals surface area contributed by atoms with Gasteiger partial charge in [-0.2, -0.15) is 0 Å². The SMILES string of the molecule is C[C@H](NC(=O)c1cc(N)cc(Br)c1)c1cccs1. The third-order valence-corrected chi connectivity index (χ3v) is 4.01. The Hall–Kier alpha value is -1.33. The van der Waals surface area contributed by atoms with E-state index in [0.717, 1.165) is 9.35 Å². The van der Waals surface area contributed by atoms with Crippen molar-refractivity contribution in [2.24, 2.45) is 0 Å². The molecule has 3 nitrogen and oxygen atoms in total. The number of hydrogen-bond donors (Lipinski definition) is 2. The molecule has 2 rings (SSSR count). The van der Waals surface area contributed by atoms with Gasteiger partial charge in [0.2, 0.25) is 0 Å². The Morgan fingerprint density at radius 3 is 2.83 bits per heavy atom. The highest BCUT2D eigenvalue weighted by Gasteiger charge is 2.12. The van der Waals surface area contributed by atoms with Crippen LogP contribution in [0.5, 0.6) is 0 Å². The second-order valence-corrected chi connectivity index (χ2v) is 5.88. The van der Waals surface area contributed by atoms with Gasteiger partial charge in [0.15, 0.2) is 0 Å². The Bertz CT molecular complexity index is 534. The van der Waals surface area contributed by atoms with E-state index in [1.165, 1.54) is 0 Å². The monoisotopic (exact) mass is 324 g/mol. The Morgan fingerprint density at radius 2 is 2.22 bits per heavy atom. The molecule has 94 valence electrons. The molecular formula is C13H13BrN2OS. The van der Waals surface area contributed by atoms with Crippen LogP contribution in [0.15, 0.2) is 40.2 Å². The molecule has 0 aliphatic rings. The fourth-order valence-corrected chi connectivity index (χ4v) is 2.88. The number of nitrogen functional groups attached to an aromatic ring is 1. The van der Waals surface area contributed by atoms with Crippen molar-refractivity contribution in [1.82, 2.24) is 5.32 Å². The van der Waals surface area contributed by atoms with Crippen molar-refractivity contribution in [1.29, 1.82) is 0 Å². The predicted octanol–water partition coefficient (Wildman–Crippen LogP) is 3.58. The van der Waals surface area contributed by atoms with Crippen LogP contribution in [0.25, 0.3) is 0 Å². The van der Waals surface area contributed by atoms with Crippen molar-refractivity contribution in [2.45, 2.75) is 13.0 Å². The first-order chi connectivity index (χ1) is 8.56. The van der Waals surface area contributed by atoms with Crippen LogP contribution in [0.4, 0.5) is 5.69 Å². The number of thiophene rings is 1. The van der Waals surface area contributed by atoms with Gasteiger partial charge in [-0.1, -0.05) is 22.0 Å². The Labute approximate surface area is 118 Å². The third-order valence-electron chi connectivity index (χ3n) is 2.50. The standard InChI is InChI=1S/C13H13BrN2OS/c1-8(12-3-2-4-18-12)16-13(17)9-5-10(14)7-11(15)6-9/h2-8H,15H2,1H3,(H,16,17)/t8-/m0/s1. The molecule has 5 heteroatoms. The molecule has 1 aromatic heterocycles. The van der Waals surface area contributed by atoms with Crippen molar-refractivity contribution in [3.8, 4) is 0 Å². The summed E-state index contributed by atoms with van der Waals surface area (Å²) in [6, 6.07) is 9.16. The normalized spacial score (nSPS) is 12.1. The number of hydrogen-bond acceptors (Lipinski definition) is 3. The minimum Gasteiger partial charge on any atom is -0.399 e. The van der Waals surface area contributed by atoms with E-state index in [0.29, 0.717) is 11.3 Å². The lowest BCUT2D eigenvalue weighted by atomic mass is 10.1. The van der Waals surface area contributed by atoms with E-state index in [-0.39, 0.29) is 11.9 Å². The van der Waals surface area contributed by atoms with Crippen LogP contribution in [0.3, 0.4) is 0 Å². The van der Waals surface area contributed by atoms with Gasteiger partial charge in [-0.3, -0.25) is 4.79 Å². The van der Waals surface area contributed by atoms with Crippen LogP contribution < -0.4 is 11.1 Å². The fourth-order valence-electron chi connectivity index (χ4n) is 1.63. The average Bonchev–Trinajstić information content (AvgIpc) is 2.80. The topological polar surface area (TPSA) is 55.1 Å². The van der Waals surface area contributed by atoms with Crippen LogP contribution in [0.2, 0.25) is 0 Å². The van der Waals surface area contributed by atoms with Gasteiger partial charge in [0.05, 0.1) is 6.04 Å². The molecule has 1 atom stereocenters. The molecule has 0 unspecified atom stereocenters. The molecule has 0 bridgehead atoms. The van der Waals surface area contributed by atoms with Crippen LogP contribution >= 0.6 is 27.3 Å². The lowest BCUT2D eigenvalue weighted by molar-refractivity contribution is 0.0940. The summed E-state index contributed by atoms with van der Waals surface area (Å²) in [5, 5.41) is 4.94. The van der Waals surface area contributed by atoms with Crippen molar-refractivity contribution < 1.29 is 4.79 Å². The molecule has 2 aromatic rings. The van der Waals surface area contributed by atoms with Crippen molar-refractivity contribution in [2.75, 3.05) is 5.73 Å². The number of nitrogens with two attached hydrogens (primary N) is 1. The number of nitrogens with one attached hydrogen (secondary N) is 1. The molecule has 0 aliphatic heterocycles. The van der Waals surface area contributed by atoms with Crippen LogP contribution in [0.1, 0.15) is 28.2 Å². The summed E-state index contributed by atoms with van der Waals surface area (Å²) >= 11 is 4.95. The molecule has 0 spiro atoms. The quantitative estimate of drug-likeness (QED) is 0.848. The molecule has 0 radical (unpaired) electrons. The van der Waals surface area contributed by atoms with E-state index in [1.54, 1.807) is 29.5 Å². The summed E-state index contributed by atoms with van der Waals surface area (Å²) in [5.74, 6) is -0.121. The van der Waals surface area contributed by atoms with Gasteiger partial charge in [-0.05, 0) is 36.6 Å². The maximum atomic E-state index is 12.1. The zero-order valence-corrected chi connectivity index (χ0v) is 12.2. The Morgan fingerprint density at radius 1 is 1.44 bits per heavy atom. The Kier molecular flexibility index (Phi) is 4.04. The van der Waals surface area contributed by atoms with Crippen LogP contribution in [-0.4, -0.2) is 5.91 Å². The molecule has 0 saturated carbocycles. The summed E-state index contributed by atoms with van der Waals surface area (Å²) < 4.78 is 0.802. The largest absolute Gasteiger partial charge is 0.399 e. The van der Waals surface area contributed by atoms with E-state index in [1.807, 2.05) is 24.4 Å². The third kappa shape index (κ3) is 3.11. The van der Waals surface area contributed by atoms with E-state index >= 15 is 0 Å². The van der Waals surface area contributed by atoms with Gasteiger partial charge in [-0.15, -0.1) is 11.3 Å². The highest BCUT2D eigenvalue weighted by molar-refractivity contribution is 9.10. The van der Waals surface area contributed by atoms with Gasteiger partial charge in [0.1, 0.15) is 0 Å². The number of benzene rings is 1. The van der Waals surface area contributed by atoms with Crippen molar-refractivity contribution >= 4 is 38.9 Å². The van der Waals surface area contributed by atoms with E-state index in [9.17, 15) is 4.79 Å². The zero-order valence-electron chi connectivity index (χ0n) is 9.81. The first-order valence-corrected chi connectivity index (χ1v) is 7.14. The van der Waals surface area contributed by atoms with Crippen LogP contribution in [0, 0.1) is 0 Å². The van der Waals surface area contributed by atoms with E-state index in [4.69, 9.17) is 5.73 Å². The molecular weight excluding hydrogens is 312 g/mol. The van der Waals surface area contributed by atoms with Gasteiger partial charge in [-0.25, -0.2) is 0 Å². The number of carbonyl (C=O) groups is 1. The molecule has 0 saturated heterocycles. The second kappa shape index (κ2) is 5.54. The van der Waals surface area contributed by atoms with Gasteiger partial charge >= 0.3 is 0 Å². The van der Waals surface area contributed by atoms with Crippen LogP contribution in [-0.2, 0) is 0 Å². The highest BCUT2D eigenvalue weighted by Crippen LogP contribution is 2.20. The number of amides is 1. The fraction of sp³-hybridized carbons (Fsp3) is 0.154. The average molecular weight is 325 g/mol. The summed E-state index contributed by atoms with van der Waals surface area (Å²) in [6.45, 7) is 1.96. The minimum absolute atomic E-state index is 0.00212. The predicted molar refractivity (Wildman–Crippen MR) is 78.8 cm³/mol. The lowest BCUT2D eigenvalue weighted by Crippen LogP contribution is -2.26. The van der Waals surface area contributed by atoms with Gasteiger partial charge in [0.25, 0.3) is 5.91 Å². The maximum absolute atomic E-state index is 12.1. The van der Waals surface area contributed by atoms with Gasteiger partial charge < -0.3 is 11.1 Å². The minimum atomic E-state index is -0.121.